The molecule has 1 rings (SSSR count). The van der Waals surface area contributed by atoms with Crippen LogP contribution in [0, 0.1) is 0 Å². The van der Waals surface area contributed by atoms with E-state index in [-0.39, 0.29) is 10.4 Å². The molecule has 0 spiro atoms. The van der Waals surface area contributed by atoms with E-state index >= 15 is 0 Å². The van der Waals surface area contributed by atoms with E-state index in [9.17, 15) is 10.2 Å². The van der Waals surface area contributed by atoms with Crippen LogP contribution in [0.15, 0.2) is 12.1 Å². The van der Waals surface area contributed by atoms with Gasteiger partial charge in [-0.3, -0.25) is 0 Å². The Morgan fingerprint density at radius 1 is 1.08 bits per heavy atom. The lowest BCUT2D eigenvalue weighted by Crippen LogP contribution is -2.16. The summed E-state index contributed by atoms with van der Waals surface area (Å²) in [7, 11) is 0. The maximum absolute atomic E-state index is 11.4. The Kier molecular flexibility index (Phi) is 2.44. The average molecular weight is 199 g/mol. The molecule has 0 aromatic heterocycles. The summed E-state index contributed by atoms with van der Waals surface area (Å²) in [6.07, 6.45) is 0. The first kappa shape index (κ1) is 10.2. The zero-order chi connectivity index (χ0) is 10.2. The van der Waals surface area contributed by atoms with Crippen LogP contribution in [-0.4, -0.2) is 0 Å². The average Bonchev–Trinajstić information content (AvgIpc) is 1.98. The van der Waals surface area contributed by atoms with Crippen LogP contribution in [0.3, 0.4) is 0 Å². The summed E-state index contributed by atoms with van der Waals surface area (Å²) in [5.41, 5.74) is 0.211. The molecule has 0 radical (unpaired) electrons. The summed E-state index contributed by atoms with van der Waals surface area (Å²) < 4.78 is 0. The Balaban J connectivity index is 3.35. The first-order valence-electron chi connectivity index (χ1n) is 4.01. The van der Waals surface area contributed by atoms with E-state index in [1.165, 1.54) is 6.07 Å². The third-order valence-electron chi connectivity index (χ3n) is 1.87. The second kappa shape index (κ2) is 3.11. The summed E-state index contributed by atoms with van der Waals surface area (Å²) in [5.74, 6) is -1.09. The third kappa shape index (κ3) is 1.89. The van der Waals surface area contributed by atoms with Gasteiger partial charge in [0.1, 0.15) is 0 Å². The fourth-order valence-electron chi connectivity index (χ4n) is 1.13. The van der Waals surface area contributed by atoms with Crippen molar-refractivity contribution in [3.05, 3.63) is 22.7 Å². The van der Waals surface area contributed by atoms with Crippen molar-refractivity contribution < 1.29 is 10.2 Å². The van der Waals surface area contributed by atoms with Crippen molar-refractivity contribution in [1.82, 2.24) is 0 Å². The van der Waals surface area contributed by atoms with E-state index in [1.807, 2.05) is 20.8 Å². The van der Waals surface area contributed by atoms with Crippen LogP contribution in [-0.2, 0) is 5.41 Å². The number of benzene rings is 1. The summed E-state index contributed by atoms with van der Waals surface area (Å²) in [5, 5.41) is 22.6. The zero-order valence-corrected chi connectivity index (χ0v) is 8.61. The molecule has 0 atom stereocenters. The highest BCUT2D eigenvalue weighted by Gasteiger charge is 2.14. The monoisotopic (exact) mass is 198 g/mol. The van der Waals surface area contributed by atoms with Gasteiger partial charge in [0, 0.05) is 5.02 Å². The topological polar surface area (TPSA) is 46.1 Å². The first-order valence-corrected chi connectivity index (χ1v) is 4.39. The lowest BCUT2D eigenvalue weighted by atomic mass is 9.86. The number of rotatable bonds is 0. The molecule has 0 N–H and O–H groups in total. The van der Waals surface area contributed by atoms with Crippen LogP contribution in [0.25, 0.3) is 0 Å². The highest BCUT2D eigenvalue weighted by atomic mass is 35.5. The molecule has 0 aliphatic carbocycles. The molecule has 2 nitrogen and oxygen atoms in total. The number of halogens is 1. The van der Waals surface area contributed by atoms with Gasteiger partial charge in [0.25, 0.3) is 0 Å². The van der Waals surface area contributed by atoms with Gasteiger partial charge in [-0.25, -0.2) is 0 Å². The molecular formula is C10H11ClO2-2. The fourth-order valence-corrected chi connectivity index (χ4v) is 1.28. The second-order valence-electron chi connectivity index (χ2n) is 4.00. The molecule has 0 bridgehead atoms. The highest BCUT2D eigenvalue weighted by Crippen LogP contribution is 2.37. The van der Waals surface area contributed by atoms with Crippen LogP contribution in [0.1, 0.15) is 26.3 Å². The molecule has 0 unspecified atom stereocenters. The fraction of sp³-hybridized carbons (Fsp3) is 0.400. The van der Waals surface area contributed by atoms with E-state index < -0.39 is 11.5 Å². The quantitative estimate of drug-likeness (QED) is 0.638. The van der Waals surface area contributed by atoms with Crippen LogP contribution in [0.5, 0.6) is 11.5 Å². The summed E-state index contributed by atoms with van der Waals surface area (Å²) in [6, 6.07) is 3.10. The van der Waals surface area contributed by atoms with Crippen LogP contribution < -0.4 is 10.2 Å². The number of hydrogen-bond donors (Lipinski definition) is 0. The van der Waals surface area contributed by atoms with Crippen molar-refractivity contribution in [3.63, 3.8) is 0 Å². The minimum atomic E-state index is -0.603. The molecular weight excluding hydrogens is 188 g/mol. The minimum absolute atomic E-state index is 0.00185. The lowest BCUT2D eigenvalue weighted by Gasteiger charge is -2.30. The largest absolute Gasteiger partial charge is 0.873 e. The van der Waals surface area contributed by atoms with Crippen molar-refractivity contribution in [1.29, 1.82) is 0 Å². The van der Waals surface area contributed by atoms with Gasteiger partial charge in [0.15, 0.2) is 0 Å². The number of hydrogen-bond acceptors (Lipinski definition) is 2. The van der Waals surface area contributed by atoms with Gasteiger partial charge in [-0.1, -0.05) is 49.8 Å². The SMILES string of the molecule is CC(C)(C)c1ccc(Cl)c([O-])c1[O-]. The maximum Gasteiger partial charge on any atom is 0.0321 e. The standard InChI is InChI=1S/C10H13ClO2/c1-10(2,3)6-4-5-7(11)9(13)8(6)12/h4-5,12-13H,1-3H3/p-2. The van der Waals surface area contributed by atoms with Gasteiger partial charge in [0.2, 0.25) is 0 Å². The summed E-state index contributed by atoms with van der Waals surface area (Å²) >= 11 is 5.52. The second-order valence-corrected chi connectivity index (χ2v) is 4.41. The van der Waals surface area contributed by atoms with Gasteiger partial charge in [-0.15, -0.1) is 5.75 Å². The lowest BCUT2D eigenvalue weighted by molar-refractivity contribution is -0.318. The first-order chi connectivity index (χ1) is 5.84. The Labute approximate surface area is 82.8 Å². The van der Waals surface area contributed by atoms with E-state index in [0.717, 1.165) is 0 Å². The van der Waals surface area contributed by atoms with Gasteiger partial charge < -0.3 is 10.2 Å². The Bertz CT molecular complexity index is 326. The van der Waals surface area contributed by atoms with E-state index in [4.69, 9.17) is 11.6 Å². The van der Waals surface area contributed by atoms with E-state index in [1.54, 1.807) is 6.07 Å². The molecule has 0 saturated carbocycles. The Morgan fingerprint density at radius 2 is 1.62 bits per heavy atom. The van der Waals surface area contributed by atoms with Gasteiger partial charge >= 0.3 is 0 Å². The minimum Gasteiger partial charge on any atom is -0.873 e. The molecule has 0 amide bonds. The molecule has 0 aliphatic heterocycles. The van der Waals surface area contributed by atoms with Crippen LogP contribution in [0.2, 0.25) is 5.02 Å². The molecule has 0 fully saturated rings. The van der Waals surface area contributed by atoms with Crippen molar-refractivity contribution in [2.45, 2.75) is 26.2 Å². The van der Waals surface area contributed by atoms with Gasteiger partial charge in [-0.05, 0) is 11.5 Å². The predicted octanol–water partition coefficient (Wildman–Crippen LogP) is 1.78. The van der Waals surface area contributed by atoms with E-state index in [2.05, 4.69) is 0 Å². The van der Waals surface area contributed by atoms with Gasteiger partial charge in [-0.2, -0.15) is 0 Å². The molecule has 0 saturated heterocycles. The van der Waals surface area contributed by atoms with Crippen molar-refractivity contribution >= 4 is 11.6 Å². The zero-order valence-electron chi connectivity index (χ0n) is 7.85. The molecule has 1 aromatic rings. The normalized spacial score (nSPS) is 11.7. The molecule has 0 heterocycles. The van der Waals surface area contributed by atoms with Crippen LogP contribution >= 0.6 is 11.6 Å². The van der Waals surface area contributed by atoms with E-state index in [0.29, 0.717) is 5.56 Å². The summed E-state index contributed by atoms with van der Waals surface area (Å²) in [6.45, 7) is 5.66. The van der Waals surface area contributed by atoms with Gasteiger partial charge in [0.05, 0.1) is 0 Å². The smallest absolute Gasteiger partial charge is 0.0321 e. The highest BCUT2D eigenvalue weighted by molar-refractivity contribution is 6.32. The summed E-state index contributed by atoms with van der Waals surface area (Å²) in [4.78, 5) is 0. The van der Waals surface area contributed by atoms with Crippen molar-refractivity contribution in [3.8, 4) is 11.5 Å². The third-order valence-corrected chi connectivity index (χ3v) is 2.17. The van der Waals surface area contributed by atoms with Crippen molar-refractivity contribution in [2.24, 2.45) is 0 Å². The molecule has 13 heavy (non-hydrogen) atoms. The molecule has 1 aromatic carbocycles. The van der Waals surface area contributed by atoms with Crippen LogP contribution in [0.4, 0.5) is 0 Å². The maximum atomic E-state index is 11.4. The predicted molar refractivity (Wildman–Crippen MR) is 49.0 cm³/mol. The molecule has 0 aliphatic rings. The molecule has 72 valence electrons. The Hall–Kier alpha value is -0.890. The molecule has 3 heteroatoms. The Morgan fingerprint density at radius 3 is 2.08 bits per heavy atom. The van der Waals surface area contributed by atoms with Crippen molar-refractivity contribution in [2.75, 3.05) is 0 Å².